The van der Waals surface area contributed by atoms with Gasteiger partial charge in [0, 0.05) is 43.1 Å². The summed E-state index contributed by atoms with van der Waals surface area (Å²) in [4.78, 5) is 53.2. The molecule has 3 rings (SSSR count). The van der Waals surface area contributed by atoms with E-state index in [2.05, 4.69) is 10.6 Å². The van der Waals surface area contributed by atoms with E-state index in [4.69, 9.17) is 27.9 Å². The molecular weight excluding hydrogens is 543 g/mol. The van der Waals surface area contributed by atoms with Gasteiger partial charge in [0.25, 0.3) is 0 Å². The predicted molar refractivity (Wildman–Crippen MR) is 142 cm³/mol. The van der Waals surface area contributed by atoms with Gasteiger partial charge in [0.1, 0.15) is 6.04 Å². The van der Waals surface area contributed by atoms with Crippen LogP contribution in [0.2, 0.25) is 10.0 Å². The Kier molecular flexibility index (Phi) is 10.9. The first kappa shape index (κ1) is 29.1. The van der Waals surface area contributed by atoms with Crippen LogP contribution in [0.1, 0.15) is 18.4 Å². The number of benzene rings is 1. The number of nitrogens with one attached hydrogen (secondary N) is 2. The molecule has 0 radical (unpaired) electrons. The van der Waals surface area contributed by atoms with E-state index in [1.165, 1.54) is 22.7 Å². The Balaban J connectivity index is 1.47. The molecular formula is C24H30Cl2N4O6S. The van der Waals surface area contributed by atoms with Gasteiger partial charge in [-0.25, -0.2) is 9.59 Å². The zero-order chi connectivity index (χ0) is 26.9. The molecule has 0 unspecified atom stereocenters. The highest BCUT2D eigenvalue weighted by Gasteiger charge is 2.30. The van der Waals surface area contributed by atoms with Crippen molar-refractivity contribution in [3.63, 3.8) is 0 Å². The van der Waals surface area contributed by atoms with E-state index in [1.807, 2.05) is 12.3 Å². The molecule has 2 fully saturated rings. The lowest BCUT2D eigenvalue weighted by Gasteiger charge is -2.31. The Morgan fingerprint density at radius 2 is 1.78 bits per heavy atom. The van der Waals surface area contributed by atoms with E-state index in [0.717, 1.165) is 4.90 Å². The number of hydrogen-bond acceptors (Lipinski definition) is 6. The van der Waals surface area contributed by atoms with Crippen molar-refractivity contribution in [3.05, 3.63) is 33.8 Å². The molecule has 13 heteroatoms. The maximum Gasteiger partial charge on any atom is 0.328 e. The Hall–Kier alpha value is -2.47. The number of amides is 4. The monoisotopic (exact) mass is 572 g/mol. The fourth-order valence-electron chi connectivity index (χ4n) is 4.02. The smallest absolute Gasteiger partial charge is 0.328 e. The highest BCUT2D eigenvalue weighted by atomic mass is 35.5. The number of rotatable bonds is 8. The molecule has 0 aromatic heterocycles. The molecule has 2 aliphatic rings. The van der Waals surface area contributed by atoms with Crippen LogP contribution in [-0.2, 0) is 19.1 Å². The van der Waals surface area contributed by atoms with E-state index >= 15 is 0 Å². The number of halogens is 2. The number of morpholine rings is 1. The van der Waals surface area contributed by atoms with Crippen LogP contribution in [0.3, 0.4) is 0 Å². The molecule has 2 aliphatic heterocycles. The van der Waals surface area contributed by atoms with Gasteiger partial charge in [0.05, 0.1) is 29.8 Å². The number of aliphatic carboxylic acids is 1. The predicted octanol–water partition coefficient (Wildman–Crippen LogP) is 2.58. The summed E-state index contributed by atoms with van der Waals surface area (Å²) in [6.07, 6.45) is 5.73. The molecule has 37 heavy (non-hydrogen) atoms. The number of hydrogen-bond donors (Lipinski definition) is 3. The average Bonchev–Trinajstić information content (AvgIpc) is 2.91. The number of carbonyl (C=O) groups is 4. The zero-order valence-electron chi connectivity index (χ0n) is 20.4. The number of piperidine rings is 1. The summed E-state index contributed by atoms with van der Waals surface area (Å²) in [7, 11) is 0. The molecule has 1 aromatic carbocycles. The van der Waals surface area contributed by atoms with E-state index in [9.17, 15) is 24.3 Å². The Labute approximate surface area is 229 Å². The molecule has 0 saturated carbocycles. The third-order valence-corrected chi connectivity index (χ3v) is 8.04. The number of carbonyl (C=O) groups excluding carboxylic acids is 3. The second-order valence-electron chi connectivity index (χ2n) is 8.60. The topological polar surface area (TPSA) is 128 Å². The standard InChI is InChI=1S/C24H30Cl2N4O6S/c1-37-18-4-2-15(20(25)21(18)26)3-5-19(31)29-8-6-16(7-9-29)22(32)28-17(23(33)34)14-27-24(35)30-10-12-36-13-11-30/h2-5,16-17H,6-14H2,1H3,(H,27,35)(H,28,32)(H,33,34)/t17-/m0/s1. The highest BCUT2D eigenvalue weighted by molar-refractivity contribution is 7.98. The van der Waals surface area contributed by atoms with Crippen LogP contribution in [0.5, 0.6) is 0 Å². The fraction of sp³-hybridized carbons (Fsp3) is 0.500. The van der Waals surface area contributed by atoms with Crippen LogP contribution >= 0.6 is 35.0 Å². The lowest BCUT2D eigenvalue weighted by atomic mass is 9.95. The van der Waals surface area contributed by atoms with Gasteiger partial charge in [-0.15, -0.1) is 11.8 Å². The first-order valence-corrected chi connectivity index (χ1v) is 13.8. The van der Waals surface area contributed by atoms with Gasteiger partial charge in [0.15, 0.2) is 0 Å². The van der Waals surface area contributed by atoms with Gasteiger partial charge >= 0.3 is 12.0 Å². The molecule has 10 nitrogen and oxygen atoms in total. The second-order valence-corrected chi connectivity index (χ2v) is 10.2. The van der Waals surface area contributed by atoms with Crippen molar-refractivity contribution in [2.24, 2.45) is 5.92 Å². The minimum absolute atomic E-state index is 0.214. The molecule has 202 valence electrons. The number of nitrogens with zero attached hydrogens (tertiary/aromatic N) is 2. The normalized spacial score (nSPS) is 17.5. The number of ether oxygens (including phenoxy) is 1. The maximum atomic E-state index is 12.7. The Morgan fingerprint density at radius 3 is 2.41 bits per heavy atom. The van der Waals surface area contributed by atoms with Gasteiger partial charge in [-0.3, -0.25) is 9.59 Å². The minimum atomic E-state index is -1.26. The minimum Gasteiger partial charge on any atom is -0.480 e. The highest BCUT2D eigenvalue weighted by Crippen LogP contribution is 2.35. The van der Waals surface area contributed by atoms with Gasteiger partial charge < -0.3 is 30.3 Å². The molecule has 0 aliphatic carbocycles. The fourth-order valence-corrected chi connectivity index (χ4v) is 5.19. The van der Waals surface area contributed by atoms with Crippen molar-refractivity contribution in [2.75, 3.05) is 52.2 Å². The SMILES string of the molecule is CSc1ccc(C=CC(=O)N2CCC(C(=O)N[C@@H](CNC(=O)N3CCOCC3)C(=O)O)CC2)c(Cl)c1Cl. The van der Waals surface area contributed by atoms with Crippen LogP contribution in [0, 0.1) is 5.92 Å². The molecule has 1 aromatic rings. The Bertz CT molecular complexity index is 1040. The first-order valence-electron chi connectivity index (χ1n) is 11.8. The lowest BCUT2D eigenvalue weighted by Crippen LogP contribution is -2.54. The molecule has 1 atom stereocenters. The molecule has 0 spiro atoms. The number of carboxylic acids is 1. The summed E-state index contributed by atoms with van der Waals surface area (Å²) in [6, 6.07) is 1.98. The molecule has 0 bridgehead atoms. The molecule has 2 saturated heterocycles. The van der Waals surface area contributed by atoms with Crippen molar-refractivity contribution in [1.82, 2.24) is 20.4 Å². The van der Waals surface area contributed by atoms with E-state index in [1.54, 1.807) is 17.0 Å². The largest absolute Gasteiger partial charge is 0.480 e. The van der Waals surface area contributed by atoms with E-state index < -0.39 is 29.9 Å². The van der Waals surface area contributed by atoms with Gasteiger partial charge in [-0.1, -0.05) is 29.3 Å². The number of likely N-dealkylation sites (tertiary alicyclic amines) is 1. The van der Waals surface area contributed by atoms with Crippen LogP contribution in [0.25, 0.3) is 6.08 Å². The molecule has 4 amide bonds. The summed E-state index contributed by atoms with van der Waals surface area (Å²) in [5.41, 5.74) is 0.632. The molecule has 3 N–H and O–H groups in total. The maximum absolute atomic E-state index is 12.7. The van der Waals surface area contributed by atoms with Crippen LogP contribution < -0.4 is 10.6 Å². The van der Waals surface area contributed by atoms with Crippen molar-refractivity contribution >= 4 is 64.9 Å². The van der Waals surface area contributed by atoms with Crippen LogP contribution in [0.15, 0.2) is 23.1 Å². The van der Waals surface area contributed by atoms with E-state index in [-0.39, 0.29) is 12.5 Å². The van der Waals surface area contributed by atoms with Gasteiger partial charge in [-0.2, -0.15) is 0 Å². The number of thioether (sulfide) groups is 1. The third kappa shape index (κ3) is 8.00. The lowest BCUT2D eigenvalue weighted by molar-refractivity contribution is -0.142. The van der Waals surface area contributed by atoms with Gasteiger partial charge in [0.2, 0.25) is 11.8 Å². The van der Waals surface area contributed by atoms with E-state index in [0.29, 0.717) is 67.8 Å². The average molecular weight is 573 g/mol. The quantitative estimate of drug-likeness (QED) is 0.322. The summed E-state index contributed by atoms with van der Waals surface area (Å²) >= 11 is 14.0. The summed E-state index contributed by atoms with van der Waals surface area (Å²) in [6.45, 7) is 2.18. The summed E-state index contributed by atoms with van der Waals surface area (Å²) < 4.78 is 5.19. The van der Waals surface area contributed by atoms with Crippen molar-refractivity contribution in [2.45, 2.75) is 23.8 Å². The first-order chi connectivity index (χ1) is 17.7. The van der Waals surface area contributed by atoms with Crippen LogP contribution in [-0.4, -0.2) is 97.0 Å². The summed E-state index contributed by atoms with van der Waals surface area (Å²) in [5, 5.41) is 15.4. The number of urea groups is 1. The summed E-state index contributed by atoms with van der Waals surface area (Å²) in [5.74, 6) is -2.30. The van der Waals surface area contributed by atoms with Crippen molar-refractivity contribution < 1.29 is 29.0 Å². The Morgan fingerprint density at radius 1 is 1.11 bits per heavy atom. The van der Waals surface area contributed by atoms with Crippen LogP contribution in [0.4, 0.5) is 4.79 Å². The molecule has 2 heterocycles. The number of carboxylic acid groups (broad SMARTS) is 1. The van der Waals surface area contributed by atoms with Crippen molar-refractivity contribution in [3.8, 4) is 0 Å². The second kappa shape index (κ2) is 13.9. The zero-order valence-corrected chi connectivity index (χ0v) is 22.7. The third-order valence-electron chi connectivity index (χ3n) is 6.25. The van der Waals surface area contributed by atoms with Crippen molar-refractivity contribution in [1.29, 1.82) is 0 Å². The van der Waals surface area contributed by atoms with Gasteiger partial charge in [-0.05, 0) is 36.8 Å².